The van der Waals surface area contributed by atoms with E-state index in [-0.39, 0.29) is 5.91 Å². The van der Waals surface area contributed by atoms with Gasteiger partial charge in [-0.1, -0.05) is 11.6 Å². The van der Waals surface area contributed by atoms with Crippen LogP contribution < -0.4 is 5.32 Å². The number of ether oxygens (including phenoxy) is 1. The zero-order chi connectivity index (χ0) is 14.5. The van der Waals surface area contributed by atoms with E-state index in [1.165, 1.54) is 0 Å². The minimum absolute atomic E-state index is 0.00193. The molecule has 1 aromatic rings. The van der Waals surface area contributed by atoms with Crippen LogP contribution in [0.1, 0.15) is 23.2 Å². The van der Waals surface area contributed by atoms with Crippen molar-refractivity contribution in [1.82, 2.24) is 9.88 Å². The number of piperidine rings is 1. The summed E-state index contributed by atoms with van der Waals surface area (Å²) < 4.78 is 5.17. The highest BCUT2D eigenvalue weighted by Gasteiger charge is 2.24. The first-order valence-corrected chi connectivity index (χ1v) is 7.15. The average Bonchev–Trinajstić information content (AvgIpc) is 2.47. The molecule has 1 saturated heterocycles. The molecule has 2 heterocycles. The molecule has 0 bridgehead atoms. The zero-order valence-electron chi connectivity index (χ0n) is 11.9. The molecule has 0 aliphatic carbocycles. The van der Waals surface area contributed by atoms with E-state index < -0.39 is 0 Å². The molecule has 5 nitrogen and oxygen atoms in total. The Morgan fingerprint density at radius 3 is 2.80 bits per heavy atom. The number of hydrogen-bond acceptors (Lipinski definition) is 4. The van der Waals surface area contributed by atoms with E-state index in [9.17, 15) is 4.79 Å². The summed E-state index contributed by atoms with van der Waals surface area (Å²) >= 11 is 6.06. The van der Waals surface area contributed by atoms with Crippen LogP contribution in [0.15, 0.2) is 12.3 Å². The SMILES string of the molecule is CNc1ncc(C(=O)N2CCC(COC)CC2)cc1Cl. The van der Waals surface area contributed by atoms with Crippen LogP contribution in [0.2, 0.25) is 5.02 Å². The average molecular weight is 298 g/mol. The summed E-state index contributed by atoms with van der Waals surface area (Å²) in [6.45, 7) is 2.29. The Labute approximate surface area is 124 Å². The molecule has 1 aromatic heterocycles. The molecule has 20 heavy (non-hydrogen) atoms. The number of halogens is 1. The van der Waals surface area contributed by atoms with Crippen molar-refractivity contribution in [1.29, 1.82) is 0 Å². The van der Waals surface area contributed by atoms with Gasteiger partial charge in [-0.3, -0.25) is 4.79 Å². The maximum Gasteiger partial charge on any atom is 0.255 e. The second kappa shape index (κ2) is 6.90. The minimum Gasteiger partial charge on any atom is -0.384 e. The maximum absolute atomic E-state index is 12.4. The molecular formula is C14H20ClN3O2. The Bertz CT molecular complexity index is 473. The van der Waals surface area contributed by atoms with Gasteiger partial charge in [-0.25, -0.2) is 4.98 Å². The number of carbonyl (C=O) groups is 1. The summed E-state index contributed by atoms with van der Waals surface area (Å²) in [6, 6.07) is 1.67. The van der Waals surface area contributed by atoms with Crippen LogP contribution in [0.4, 0.5) is 5.82 Å². The fraction of sp³-hybridized carbons (Fsp3) is 0.571. The van der Waals surface area contributed by atoms with Crippen molar-refractivity contribution in [3.05, 3.63) is 22.8 Å². The highest BCUT2D eigenvalue weighted by atomic mass is 35.5. The molecule has 1 aliphatic rings. The second-order valence-corrected chi connectivity index (χ2v) is 5.40. The lowest BCUT2D eigenvalue weighted by Gasteiger charge is -2.31. The molecule has 2 rings (SSSR count). The molecule has 0 unspecified atom stereocenters. The van der Waals surface area contributed by atoms with Crippen molar-refractivity contribution >= 4 is 23.3 Å². The van der Waals surface area contributed by atoms with Crippen LogP contribution in [0.5, 0.6) is 0 Å². The molecule has 0 aromatic carbocycles. The molecule has 0 radical (unpaired) electrons. The van der Waals surface area contributed by atoms with E-state index in [2.05, 4.69) is 10.3 Å². The number of nitrogens with zero attached hydrogens (tertiary/aromatic N) is 2. The Morgan fingerprint density at radius 1 is 1.55 bits per heavy atom. The molecular weight excluding hydrogens is 278 g/mol. The highest BCUT2D eigenvalue weighted by Crippen LogP contribution is 2.23. The number of amides is 1. The van der Waals surface area contributed by atoms with Crippen molar-refractivity contribution in [2.75, 3.05) is 39.2 Å². The monoisotopic (exact) mass is 297 g/mol. The van der Waals surface area contributed by atoms with E-state index >= 15 is 0 Å². The number of likely N-dealkylation sites (tertiary alicyclic amines) is 1. The normalized spacial score (nSPS) is 16.2. The van der Waals surface area contributed by atoms with Crippen LogP contribution >= 0.6 is 11.6 Å². The van der Waals surface area contributed by atoms with Crippen LogP contribution in [0.3, 0.4) is 0 Å². The smallest absolute Gasteiger partial charge is 0.255 e. The van der Waals surface area contributed by atoms with Crippen molar-refractivity contribution in [2.24, 2.45) is 5.92 Å². The van der Waals surface area contributed by atoms with Gasteiger partial charge < -0.3 is 15.0 Å². The number of carbonyl (C=O) groups excluding carboxylic acids is 1. The van der Waals surface area contributed by atoms with E-state index in [4.69, 9.17) is 16.3 Å². The second-order valence-electron chi connectivity index (χ2n) is 5.00. The predicted octanol–water partition coefficient (Wildman–Crippen LogP) is 2.28. The maximum atomic E-state index is 12.4. The number of hydrogen-bond donors (Lipinski definition) is 1. The topological polar surface area (TPSA) is 54.5 Å². The fourth-order valence-corrected chi connectivity index (χ4v) is 2.72. The number of aromatic nitrogens is 1. The van der Waals surface area contributed by atoms with Crippen molar-refractivity contribution in [2.45, 2.75) is 12.8 Å². The first kappa shape index (κ1) is 15.1. The number of anilines is 1. The Morgan fingerprint density at radius 2 is 2.25 bits per heavy atom. The van der Waals surface area contributed by atoms with E-state index in [1.54, 1.807) is 26.4 Å². The fourth-order valence-electron chi connectivity index (χ4n) is 2.46. The van der Waals surface area contributed by atoms with Gasteiger partial charge in [-0.15, -0.1) is 0 Å². The summed E-state index contributed by atoms with van der Waals surface area (Å²) in [5.41, 5.74) is 0.541. The lowest BCUT2D eigenvalue weighted by molar-refractivity contribution is 0.0613. The largest absolute Gasteiger partial charge is 0.384 e. The molecule has 0 atom stereocenters. The zero-order valence-corrected chi connectivity index (χ0v) is 12.6. The van der Waals surface area contributed by atoms with Gasteiger partial charge in [0.15, 0.2) is 0 Å². The number of rotatable bonds is 4. The molecule has 1 fully saturated rings. The van der Waals surface area contributed by atoms with Gasteiger partial charge in [-0.2, -0.15) is 0 Å². The Kier molecular flexibility index (Phi) is 5.20. The van der Waals surface area contributed by atoms with E-state index in [1.807, 2.05) is 4.90 Å². The molecule has 1 amide bonds. The van der Waals surface area contributed by atoms with Crippen LogP contribution in [-0.4, -0.2) is 49.6 Å². The molecule has 0 saturated carbocycles. The van der Waals surface area contributed by atoms with Gasteiger partial charge in [0.05, 0.1) is 10.6 Å². The third-order valence-electron chi connectivity index (χ3n) is 3.63. The third kappa shape index (κ3) is 3.41. The summed E-state index contributed by atoms with van der Waals surface area (Å²) in [7, 11) is 3.46. The van der Waals surface area contributed by atoms with Gasteiger partial charge in [-0.05, 0) is 24.8 Å². The predicted molar refractivity (Wildman–Crippen MR) is 79.3 cm³/mol. The summed E-state index contributed by atoms with van der Waals surface area (Å²) in [6.07, 6.45) is 3.53. The number of methoxy groups -OCH3 is 1. The molecule has 110 valence electrons. The van der Waals surface area contributed by atoms with E-state index in [0.29, 0.717) is 22.3 Å². The first-order chi connectivity index (χ1) is 9.65. The van der Waals surface area contributed by atoms with Gasteiger partial charge >= 0.3 is 0 Å². The summed E-state index contributed by atoms with van der Waals surface area (Å²) in [5.74, 6) is 1.14. The molecule has 1 aliphatic heterocycles. The quantitative estimate of drug-likeness (QED) is 0.926. The van der Waals surface area contributed by atoms with Gasteiger partial charge in [0.2, 0.25) is 0 Å². The lowest BCUT2D eigenvalue weighted by Crippen LogP contribution is -2.39. The summed E-state index contributed by atoms with van der Waals surface area (Å²) in [5, 5.41) is 3.34. The minimum atomic E-state index is -0.00193. The molecule has 6 heteroatoms. The Balaban J connectivity index is 2.00. The highest BCUT2D eigenvalue weighted by molar-refractivity contribution is 6.33. The van der Waals surface area contributed by atoms with Crippen molar-refractivity contribution in [3.63, 3.8) is 0 Å². The van der Waals surface area contributed by atoms with Crippen molar-refractivity contribution in [3.8, 4) is 0 Å². The molecule has 0 spiro atoms. The standard InChI is InChI=1S/C14H20ClN3O2/c1-16-13-12(15)7-11(8-17-13)14(19)18-5-3-10(4-6-18)9-20-2/h7-8,10H,3-6,9H2,1-2H3,(H,16,17). The van der Waals surface area contributed by atoms with E-state index in [0.717, 1.165) is 32.5 Å². The van der Waals surface area contributed by atoms with Crippen LogP contribution in [0, 0.1) is 5.92 Å². The number of pyridine rings is 1. The van der Waals surface area contributed by atoms with Crippen LogP contribution in [-0.2, 0) is 4.74 Å². The summed E-state index contributed by atoms with van der Waals surface area (Å²) in [4.78, 5) is 18.4. The lowest BCUT2D eigenvalue weighted by atomic mass is 9.97. The van der Waals surface area contributed by atoms with Gasteiger partial charge in [0.25, 0.3) is 5.91 Å². The third-order valence-corrected chi connectivity index (χ3v) is 3.92. The molecule has 1 N–H and O–H groups in total. The van der Waals surface area contributed by atoms with Gasteiger partial charge in [0, 0.05) is 40.1 Å². The first-order valence-electron chi connectivity index (χ1n) is 6.77. The number of nitrogens with one attached hydrogen (secondary N) is 1. The van der Waals surface area contributed by atoms with Crippen molar-refractivity contribution < 1.29 is 9.53 Å². The van der Waals surface area contributed by atoms with Gasteiger partial charge in [0.1, 0.15) is 5.82 Å². The Hall–Kier alpha value is -1.33. The van der Waals surface area contributed by atoms with Crippen LogP contribution in [0.25, 0.3) is 0 Å².